The monoisotopic (exact) mass is 458 g/mol. The average molecular weight is 459 g/mol. The zero-order chi connectivity index (χ0) is 22.3. The highest BCUT2D eigenvalue weighted by Gasteiger charge is 2.27. The topological polar surface area (TPSA) is 85.4 Å². The van der Waals surface area contributed by atoms with Gasteiger partial charge in [-0.2, -0.15) is 0 Å². The number of aromatic nitrogens is 2. The SMILES string of the molecule is CO[C@@H]1CNC[C@H](C(=O)Cc2cc(-c3cccc(NCC4CCOCC4)n3)c(Cl)cn2)C1. The molecule has 7 nitrogen and oxygen atoms in total. The highest BCUT2D eigenvalue weighted by Crippen LogP contribution is 2.28. The van der Waals surface area contributed by atoms with Gasteiger partial charge in [0.05, 0.1) is 16.8 Å². The number of nitrogens with one attached hydrogen (secondary N) is 2. The number of ketones is 1. The number of methoxy groups -OCH3 is 1. The van der Waals surface area contributed by atoms with Crippen LogP contribution in [0.15, 0.2) is 30.5 Å². The summed E-state index contributed by atoms with van der Waals surface area (Å²) < 4.78 is 10.8. The van der Waals surface area contributed by atoms with Crippen molar-refractivity contribution < 1.29 is 14.3 Å². The van der Waals surface area contributed by atoms with Gasteiger partial charge in [0, 0.05) is 69.8 Å². The summed E-state index contributed by atoms with van der Waals surface area (Å²) in [6, 6.07) is 7.75. The van der Waals surface area contributed by atoms with Gasteiger partial charge in [-0.1, -0.05) is 17.7 Å². The zero-order valence-electron chi connectivity index (χ0n) is 18.5. The first-order chi connectivity index (χ1) is 15.6. The largest absolute Gasteiger partial charge is 0.381 e. The Morgan fingerprint density at radius 2 is 2.16 bits per heavy atom. The molecule has 2 aromatic rings. The van der Waals surface area contributed by atoms with Gasteiger partial charge in [0.2, 0.25) is 0 Å². The molecule has 2 aliphatic heterocycles. The molecule has 0 unspecified atom stereocenters. The van der Waals surface area contributed by atoms with E-state index in [1.54, 1.807) is 13.3 Å². The predicted molar refractivity (Wildman–Crippen MR) is 125 cm³/mol. The Balaban J connectivity index is 1.43. The number of hydrogen-bond donors (Lipinski definition) is 2. The number of pyridine rings is 2. The number of ether oxygens (including phenoxy) is 2. The van der Waals surface area contributed by atoms with Crippen molar-refractivity contribution in [2.24, 2.45) is 11.8 Å². The Kier molecular flexibility index (Phi) is 8.08. The highest BCUT2D eigenvalue weighted by molar-refractivity contribution is 6.33. The molecular formula is C24H31ClN4O3. The van der Waals surface area contributed by atoms with Crippen LogP contribution in [0, 0.1) is 11.8 Å². The van der Waals surface area contributed by atoms with Gasteiger partial charge in [0.15, 0.2) is 0 Å². The van der Waals surface area contributed by atoms with Crippen LogP contribution >= 0.6 is 11.6 Å². The minimum absolute atomic E-state index is 0.0644. The van der Waals surface area contributed by atoms with E-state index in [-0.39, 0.29) is 24.2 Å². The maximum atomic E-state index is 12.8. The number of carbonyl (C=O) groups excluding carboxylic acids is 1. The Hall–Kier alpha value is -2.06. The van der Waals surface area contributed by atoms with Crippen molar-refractivity contribution in [2.75, 3.05) is 45.3 Å². The van der Waals surface area contributed by atoms with Gasteiger partial charge in [-0.15, -0.1) is 0 Å². The first kappa shape index (κ1) is 23.1. The smallest absolute Gasteiger partial charge is 0.143 e. The van der Waals surface area contributed by atoms with E-state index in [1.165, 1.54) is 0 Å². The van der Waals surface area contributed by atoms with Gasteiger partial charge < -0.3 is 20.1 Å². The first-order valence-electron chi connectivity index (χ1n) is 11.3. The molecule has 0 amide bonds. The Bertz CT molecular complexity index is 920. The third kappa shape index (κ3) is 6.04. The summed E-state index contributed by atoms with van der Waals surface area (Å²) >= 11 is 6.46. The second-order valence-corrected chi connectivity index (χ2v) is 9.00. The summed E-state index contributed by atoms with van der Waals surface area (Å²) in [6.45, 7) is 4.01. The standard InChI is InChI=1S/C24H31ClN4O3/c1-31-19-9-17(13-26-14-19)23(30)11-18-10-20(21(25)15-27-18)22-3-2-4-24(29-22)28-12-16-5-7-32-8-6-16/h2-4,10,15-17,19,26H,5-9,11-14H2,1H3,(H,28,29)/t17-,19+/m1/s1. The quantitative estimate of drug-likeness (QED) is 0.627. The molecule has 2 N–H and O–H groups in total. The summed E-state index contributed by atoms with van der Waals surface area (Å²) in [5.74, 6) is 1.52. The van der Waals surface area contributed by atoms with Crippen molar-refractivity contribution in [2.45, 2.75) is 31.8 Å². The summed E-state index contributed by atoms with van der Waals surface area (Å²) in [7, 11) is 1.69. The molecular weight excluding hydrogens is 428 g/mol. The van der Waals surface area contributed by atoms with Crippen LogP contribution < -0.4 is 10.6 Å². The molecule has 0 aliphatic carbocycles. The number of nitrogens with zero attached hydrogens (tertiary/aromatic N) is 2. The minimum Gasteiger partial charge on any atom is -0.381 e. The Labute approximate surface area is 194 Å². The van der Waals surface area contributed by atoms with Crippen LogP contribution in [0.3, 0.4) is 0 Å². The molecule has 0 saturated carbocycles. The second kappa shape index (κ2) is 11.2. The van der Waals surface area contributed by atoms with Crippen LogP contribution in [-0.2, 0) is 20.7 Å². The summed E-state index contributed by atoms with van der Waals surface area (Å²) in [6.07, 6.45) is 4.84. The lowest BCUT2D eigenvalue weighted by atomic mass is 9.91. The first-order valence-corrected chi connectivity index (χ1v) is 11.7. The maximum absolute atomic E-state index is 12.8. The normalized spacial score (nSPS) is 21.9. The van der Waals surface area contributed by atoms with Gasteiger partial charge >= 0.3 is 0 Å². The number of rotatable bonds is 8. The molecule has 2 atom stereocenters. The van der Waals surface area contributed by atoms with Crippen molar-refractivity contribution in [1.29, 1.82) is 0 Å². The molecule has 0 spiro atoms. The number of anilines is 1. The summed E-state index contributed by atoms with van der Waals surface area (Å²) in [5, 5.41) is 7.25. The zero-order valence-corrected chi connectivity index (χ0v) is 19.2. The molecule has 2 fully saturated rings. The predicted octanol–water partition coefficient (Wildman–Crippen LogP) is 3.37. The molecule has 4 heterocycles. The minimum atomic E-state index is -0.0644. The highest BCUT2D eigenvalue weighted by atomic mass is 35.5. The molecule has 0 bridgehead atoms. The van der Waals surface area contributed by atoms with E-state index in [4.69, 9.17) is 26.1 Å². The summed E-state index contributed by atoms with van der Waals surface area (Å²) in [5.41, 5.74) is 2.26. The van der Waals surface area contributed by atoms with E-state index in [0.717, 1.165) is 62.6 Å². The van der Waals surface area contributed by atoms with Crippen LogP contribution in [0.25, 0.3) is 11.3 Å². The van der Waals surface area contributed by atoms with Crippen molar-refractivity contribution in [3.8, 4) is 11.3 Å². The number of piperidine rings is 1. The number of hydrogen-bond acceptors (Lipinski definition) is 7. The van der Waals surface area contributed by atoms with E-state index in [9.17, 15) is 4.79 Å². The van der Waals surface area contributed by atoms with Gasteiger partial charge in [-0.05, 0) is 43.4 Å². The fourth-order valence-electron chi connectivity index (χ4n) is 4.31. The molecule has 0 aromatic carbocycles. The lowest BCUT2D eigenvalue weighted by Crippen LogP contribution is -2.43. The number of halogens is 1. The van der Waals surface area contributed by atoms with E-state index in [2.05, 4.69) is 15.6 Å². The van der Waals surface area contributed by atoms with Crippen molar-refractivity contribution in [1.82, 2.24) is 15.3 Å². The Morgan fingerprint density at radius 3 is 2.97 bits per heavy atom. The molecule has 8 heteroatoms. The fraction of sp³-hybridized carbons (Fsp3) is 0.542. The second-order valence-electron chi connectivity index (χ2n) is 8.59. The van der Waals surface area contributed by atoms with Crippen LogP contribution in [-0.4, -0.2) is 61.8 Å². The molecule has 4 rings (SSSR count). The molecule has 2 aromatic heterocycles. The van der Waals surface area contributed by atoms with Crippen LogP contribution in [0.2, 0.25) is 5.02 Å². The molecule has 172 valence electrons. The van der Waals surface area contributed by atoms with Gasteiger partial charge in [-0.3, -0.25) is 9.78 Å². The molecule has 2 saturated heterocycles. The van der Waals surface area contributed by atoms with Crippen LogP contribution in [0.4, 0.5) is 5.82 Å². The lowest BCUT2D eigenvalue weighted by molar-refractivity contribution is -0.124. The summed E-state index contributed by atoms with van der Waals surface area (Å²) in [4.78, 5) is 22.0. The Morgan fingerprint density at radius 1 is 1.31 bits per heavy atom. The van der Waals surface area contributed by atoms with Crippen molar-refractivity contribution >= 4 is 23.2 Å². The average Bonchev–Trinajstić information content (AvgIpc) is 2.84. The maximum Gasteiger partial charge on any atom is 0.143 e. The molecule has 0 radical (unpaired) electrons. The van der Waals surface area contributed by atoms with Gasteiger partial charge in [-0.25, -0.2) is 4.98 Å². The van der Waals surface area contributed by atoms with E-state index < -0.39 is 0 Å². The van der Waals surface area contributed by atoms with Gasteiger partial charge in [0.1, 0.15) is 11.6 Å². The molecule has 2 aliphatic rings. The van der Waals surface area contributed by atoms with E-state index in [1.807, 2.05) is 24.3 Å². The van der Waals surface area contributed by atoms with Crippen LogP contribution in [0.1, 0.15) is 25.0 Å². The number of carbonyl (C=O) groups is 1. The van der Waals surface area contributed by atoms with Crippen LogP contribution in [0.5, 0.6) is 0 Å². The molecule has 32 heavy (non-hydrogen) atoms. The van der Waals surface area contributed by atoms with Crippen molar-refractivity contribution in [3.05, 3.63) is 41.2 Å². The third-order valence-electron chi connectivity index (χ3n) is 6.30. The van der Waals surface area contributed by atoms with Crippen molar-refractivity contribution in [3.63, 3.8) is 0 Å². The van der Waals surface area contributed by atoms with Gasteiger partial charge in [0.25, 0.3) is 0 Å². The number of Topliss-reactive ketones (excluding diaryl/α,β-unsaturated/α-hetero) is 1. The lowest BCUT2D eigenvalue weighted by Gasteiger charge is -2.28. The van der Waals surface area contributed by atoms with E-state index in [0.29, 0.717) is 23.2 Å². The third-order valence-corrected chi connectivity index (χ3v) is 6.61. The fourth-order valence-corrected chi connectivity index (χ4v) is 4.51. The van der Waals surface area contributed by atoms with E-state index >= 15 is 0 Å².